The van der Waals surface area contributed by atoms with Crippen molar-refractivity contribution in [1.82, 2.24) is 5.32 Å². The summed E-state index contributed by atoms with van der Waals surface area (Å²) < 4.78 is 0. The fourth-order valence-corrected chi connectivity index (χ4v) is 6.89. The van der Waals surface area contributed by atoms with Crippen molar-refractivity contribution in [3.05, 3.63) is 12.2 Å². The Hall–Kier alpha value is -0.870. The van der Waals surface area contributed by atoms with E-state index in [-0.39, 0.29) is 12.5 Å². The Morgan fingerprint density at radius 1 is 0.479 bits per heavy atom. The van der Waals surface area contributed by atoms with Gasteiger partial charge < -0.3 is 15.5 Å². The number of carbonyl (C=O) groups is 1. The summed E-state index contributed by atoms with van der Waals surface area (Å²) >= 11 is 0. The van der Waals surface area contributed by atoms with Crippen molar-refractivity contribution >= 4 is 5.91 Å². The van der Waals surface area contributed by atoms with E-state index in [4.69, 9.17) is 0 Å². The molecule has 0 rings (SSSR count). The van der Waals surface area contributed by atoms with E-state index in [0.29, 0.717) is 6.42 Å². The molecule has 0 aromatic heterocycles. The van der Waals surface area contributed by atoms with Crippen LogP contribution in [0, 0.1) is 0 Å². The summed E-state index contributed by atoms with van der Waals surface area (Å²) in [5, 5.41) is 22.4. The zero-order valence-corrected chi connectivity index (χ0v) is 32.8. The average Bonchev–Trinajstić information content (AvgIpc) is 3.09. The number of unbranched alkanes of at least 4 members (excludes halogenated alkanes) is 33. The van der Waals surface area contributed by atoms with Crippen LogP contribution >= 0.6 is 0 Å². The maximum absolute atomic E-state index is 12.2. The molecule has 4 heteroatoms. The van der Waals surface area contributed by atoms with Gasteiger partial charge in [-0.25, -0.2) is 0 Å². The van der Waals surface area contributed by atoms with Crippen LogP contribution in [-0.4, -0.2) is 34.9 Å². The standard InChI is InChI=1S/C44H87NO3/c1-3-5-7-8-9-10-11-12-13-14-15-16-17-18-19-20-21-22-23-24-25-26-27-28-29-30-31-32-33-34-35-36-38-40-44(48)45-42(41-46)43(47)39-37-6-4-2/h37,39,42-43,46-47H,3-36,38,40-41H2,1-2H3,(H,45,48)/b39-37+. The van der Waals surface area contributed by atoms with Gasteiger partial charge in [-0.15, -0.1) is 0 Å². The van der Waals surface area contributed by atoms with Crippen LogP contribution in [0.1, 0.15) is 245 Å². The zero-order chi connectivity index (χ0) is 35.0. The number of amides is 1. The van der Waals surface area contributed by atoms with E-state index in [1.165, 1.54) is 199 Å². The van der Waals surface area contributed by atoms with Crippen LogP contribution < -0.4 is 5.32 Å². The second kappa shape index (κ2) is 40.6. The molecule has 48 heavy (non-hydrogen) atoms. The van der Waals surface area contributed by atoms with Gasteiger partial charge in [0.15, 0.2) is 0 Å². The van der Waals surface area contributed by atoms with Crippen LogP contribution in [0.2, 0.25) is 0 Å². The predicted octanol–water partition coefficient (Wildman–Crippen LogP) is 13.5. The van der Waals surface area contributed by atoms with Gasteiger partial charge in [0.2, 0.25) is 5.91 Å². The van der Waals surface area contributed by atoms with Crippen molar-refractivity contribution < 1.29 is 15.0 Å². The zero-order valence-electron chi connectivity index (χ0n) is 32.8. The first-order valence-electron chi connectivity index (χ1n) is 21.9. The van der Waals surface area contributed by atoms with E-state index in [2.05, 4.69) is 19.2 Å². The molecule has 0 radical (unpaired) electrons. The predicted molar refractivity (Wildman–Crippen MR) is 212 cm³/mol. The number of hydrogen-bond donors (Lipinski definition) is 3. The molecule has 3 N–H and O–H groups in total. The molecule has 4 nitrogen and oxygen atoms in total. The lowest BCUT2D eigenvalue weighted by molar-refractivity contribution is -0.123. The summed E-state index contributed by atoms with van der Waals surface area (Å²) in [6.45, 7) is 4.13. The molecule has 0 bridgehead atoms. The number of carbonyl (C=O) groups excluding carboxylic acids is 1. The average molecular weight is 678 g/mol. The first-order chi connectivity index (χ1) is 23.7. The molecule has 2 atom stereocenters. The second-order valence-electron chi connectivity index (χ2n) is 15.1. The molecule has 0 saturated carbocycles. The van der Waals surface area contributed by atoms with Gasteiger partial charge in [-0.1, -0.05) is 238 Å². The van der Waals surface area contributed by atoms with Crippen LogP contribution in [0.3, 0.4) is 0 Å². The van der Waals surface area contributed by atoms with Crippen molar-refractivity contribution in [2.24, 2.45) is 0 Å². The van der Waals surface area contributed by atoms with Crippen LogP contribution in [0.5, 0.6) is 0 Å². The SMILES string of the molecule is CCC/C=C/C(O)C(CO)NC(=O)CCCCCCCCCCCCCCCCCCCCCCCCCCCCCCCCCCC. The molecule has 0 saturated heterocycles. The van der Waals surface area contributed by atoms with Crippen LogP contribution in [0.25, 0.3) is 0 Å². The third-order valence-electron chi connectivity index (χ3n) is 10.3. The highest BCUT2D eigenvalue weighted by Crippen LogP contribution is 2.17. The highest BCUT2D eigenvalue weighted by atomic mass is 16.3. The molecule has 0 fully saturated rings. The van der Waals surface area contributed by atoms with Gasteiger partial charge >= 0.3 is 0 Å². The Morgan fingerprint density at radius 2 is 0.771 bits per heavy atom. The summed E-state index contributed by atoms with van der Waals surface area (Å²) in [5.74, 6) is -0.0715. The number of aliphatic hydroxyl groups is 2. The molecule has 0 aliphatic carbocycles. The molecule has 0 aliphatic heterocycles. The lowest BCUT2D eigenvalue weighted by atomic mass is 10.0. The Kier molecular flexibility index (Phi) is 39.8. The van der Waals surface area contributed by atoms with Crippen LogP contribution in [0.4, 0.5) is 0 Å². The van der Waals surface area contributed by atoms with E-state index >= 15 is 0 Å². The van der Waals surface area contributed by atoms with Gasteiger partial charge in [0, 0.05) is 6.42 Å². The first kappa shape index (κ1) is 47.1. The van der Waals surface area contributed by atoms with E-state index in [1.807, 2.05) is 6.08 Å². The number of allylic oxidation sites excluding steroid dienone is 1. The number of rotatable bonds is 40. The largest absolute Gasteiger partial charge is 0.394 e. The molecular weight excluding hydrogens is 590 g/mol. The maximum Gasteiger partial charge on any atom is 0.220 e. The molecule has 0 spiro atoms. The molecular formula is C44H87NO3. The molecule has 1 amide bonds. The van der Waals surface area contributed by atoms with Gasteiger partial charge in [-0.2, -0.15) is 0 Å². The van der Waals surface area contributed by atoms with Crippen LogP contribution in [0.15, 0.2) is 12.2 Å². The minimum absolute atomic E-state index is 0.0715. The Morgan fingerprint density at radius 3 is 1.04 bits per heavy atom. The van der Waals surface area contributed by atoms with Gasteiger partial charge in [-0.05, 0) is 12.8 Å². The quantitative estimate of drug-likeness (QED) is 0.0446. The summed E-state index contributed by atoms with van der Waals surface area (Å²) in [6, 6.07) is -0.612. The van der Waals surface area contributed by atoms with Crippen molar-refractivity contribution in [3.63, 3.8) is 0 Å². The number of nitrogens with one attached hydrogen (secondary N) is 1. The lowest BCUT2D eigenvalue weighted by Gasteiger charge is -2.19. The smallest absolute Gasteiger partial charge is 0.220 e. The second-order valence-corrected chi connectivity index (χ2v) is 15.1. The fourth-order valence-electron chi connectivity index (χ4n) is 6.89. The van der Waals surface area contributed by atoms with E-state index < -0.39 is 12.1 Å². The van der Waals surface area contributed by atoms with E-state index in [9.17, 15) is 15.0 Å². The van der Waals surface area contributed by atoms with Crippen molar-refractivity contribution in [1.29, 1.82) is 0 Å². The highest BCUT2D eigenvalue weighted by Gasteiger charge is 2.17. The van der Waals surface area contributed by atoms with Crippen molar-refractivity contribution in [3.8, 4) is 0 Å². The summed E-state index contributed by atoms with van der Waals surface area (Å²) in [4.78, 5) is 12.2. The Bertz CT molecular complexity index is 651. The van der Waals surface area contributed by atoms with E-state index in [0.717, 1.165) is 25.7 Å². The highest BCUT2D eigenvalue weighted by molar-refractivity contribution is 5.76. The van der Waals surface area contributed by atoms with Gasteiger partial charge in [-0.3, -0.25) is 4.79 Å². The normalized spacial score (nSPS) is 13.0. The van der Waals surface area contributed by atoms with Gasteiger partial charge in [0.25, 0.3) is 0 Å². The molecule has 0 heterocycles. The van der Waals surface area contributed by atoms with Gasteiger partial charge in [0.1, 0.15) is 0 Å². The summed E-state index contributed by atoms with van der Waals surface area (Å²) in [6.07, 6.45) is 51.3. The van der Waals surface area contributed by atoms with Gasteiger partial charge in [0.05, 0.1) is 18.8 Å². The summed E-state index contributed by atoms with van der Waals surface area (Å²) in [7, 11) is 0. The first-order valence-corrected chi connectivity index (χ1v) is 21.9. The minimum Gasteiger partial charge on any atom is -0.394 e. The Labute approximate surface area is 301 Å². The third kappa shape index (κ3) is 36.4. The molecule has 0 aliphatic rings. The molecule has 0 aromatic carbocycles. The monoisotopic (exact) mass is 678 g/mol. The molecule has 0 aromatic rings. The number of aliphatic hydroxyl groups excluding tert-OH is 2. The number of hydrogen-bond acceptors (Lipinski definition) is 3. The Balaban J connectivity index is 3.24. The third-order valence-corrected chi connectivity index (χ3v) is 10.3. The van der Waals surface area contributed by atoms with E-state index in [1.54, 1.807) is 6.08 Å². The topological polar surface area (TPSA) is 69.6 Å². The van der Waals surface area contributed by atoms with Crippen molar-refractivity contribution in [2.75, 3.05) is 6.61 Å². The molecule has 286 valence electrons. The van der Waals surface area contributed by atoms with Crippen molar-refractivity contribution in [2.45, 2.75) is 257 Å². The fraction of sp³-hybridized carbons (Fsp3) is 0.932. The lowest BCUT2D eigenvalue weighted by Crippen LogP contribution is -2.45. The van der Waals surface area contributed by atoms with Crippen LogP contribution in [-0.2, 0) is 4.79 Å². The summed E-state index contributed by atoms with van der Waals surface area (Å²) in [5.41, 5.74) is 0. The molecule has 2 unspecified atom stereocenters. The minimum atomic E-state index is -0.830. The maximum atomic E-state index is 12.2.